The Labute approximate surface area is 168 Å². The summed E-state index contributed by atoms with van der Waals surface area (Å²) in [6.45, 7) is 5.96. The molecule has 0 heterocycles. The van der Waals surface area contributed by atoms with E-state index in [9.17, 15) is 4.79 Å². The van der Waals surface area contributed by atoms with E-state index in [0.29, 0.717) is 13.0 Å². The molecule has 0 atom stereocenters. The van der Waals surface area contributed by atoms with Gasteiger partial charge in [-0.2, -0.15) is 0 Å². The largest absolute Gasteiger partial charge is 1.00 e. The van der Waals surface area contributed by atoms with E-state index in [4.69, 9.17) is 5.73 Å². The summed E-state index contributed by atoms with van der Waals surface area (Å²) in [4.78, 5) is 11.9. The molecule has 1 N–H and O–H groups in total. The van der Waals surface area contributed by atoms with E-state index >= 15 is 0 Å². The van der Waals surface area contributed by atoms with Crippen molar-refractivity contribution >= 4 is 27.4 Å². The van der Waals surface area contributed by atoms with Crippen molar-refractivity contribution in [2.24, 2.45) is 0 Å². The predicted octanol–water partition coefficient (Wildman–Crippen LogP) is 2.44. The van der Waals surface area contributed by atoms with Gasteiger partial charge < -0.3 is 13.2 Å². The Balaban J connectivity index is -0.000000609. The summed E-state index contributed by atoms with van der Waals surface area (Å²) in [5.41, 5.74) is 8.22. The molecule has 0 radical (unpaired) electrons. The average Bonchev–Trinajstić information content (AvgIpc) is 2.37. The standard InChI is InChI=1S/C11H14NOS2.C2H6.CH3.K/c1-9(13)6-7-14-15-11-4-2-10(8-12)3-5-11;1-2;;/h2-5,12H,6-8H2,1H3;1-2H3;1H3;/q-1;;-1;+1. The predicted molar refractivity (Wildman–Crippen MR) is 85.8 cm³/mol. The number of nitrogens with one attached hydrogen (secondary N) is 1. The molecular weight excluding hydrogens is 301 g/mol. The van der Waals surface area contributed by atoms with Crippen LogP contribution in [0.1, 0.15) is 32.8 Å². The van der Waals surface area contributed by atoms with Crippen molar-refractivity contribution in [1.82, 2.24) is 0 Å². The van der Waals surface area contributed by atoms with Gasteiger partial charge in [0, 0.05) is 17.1 Å². The van der Waals surface area contributed by atoms with Crippen LogP contribution in [-0.4, -0.2) is 11.5 Å². The molecule has 0 bridgehead atoms. The van der Waals surface area contributed by atoms with Crippen LogP contribution in [0.25, 0.3) is 5.73 Å². The number of hydrogen-bond acceptors (Lipinski definition) is 3. The van der Waals surface area contributed by atoms with Crippen molar-refractivity contribution in [3.63, 3.8) is 0 Å². The van der Waals surface area contributed by atoms with E-state index in [1.807, 2.05) is 38.1 Å². The van der Waals surface area contributed by atoms with Crippen LogP contribution in [-0.2, 0) is 11.3 Å². The molecule has 0 aliphatic heterocycles. The van der Waals surface area contributed by atoms with Gasteiger partial charge in [0.15, 0.2) is 0 Å². The van der Waals surface area contributed by atoms with Crippen LogP contribution in [0, 0.1) is 7.43 Å². The van der Waals surface area contributed by atoms with Crippen molar-refractivity contribution in [3.8, 4) is 0 Å². The minimum atomic E-state index is 0. The number of carbonyl (C=O) groups excluding carboxylic acids is 1. The summed E-state index contributed by atoms with van der Waals surface area (Å²) in [6, 6.07) is 7.99. The molecule has 19 heavy (non-hydrogen) atoms. The molecule has 0 saturated carbocycles. The summed E-state index contributed by atoms with van der Waals surface area (Å²) >= 11 is 0. The maximum absolute atomic E-state index is 10.7. The molecule has 0 saturated heterocycles. The van der Waals surface area contributed by atoms with Crippen molar-refractivity contribution in [3.05, 3.63) is 43.0 Å². The van der Waals surface area contributed by atoms with Crippen LogP contribution < -0.4 is 51.4 Å². The maximum atomic E-state index is 10.7. The fourth-order valence-corrected chi connectivity index (χ4v) is 3.04. The van der Waals surface area contributed by atoms with E-state index in [2.05, 4.69) is 0 Å². The first kappa shape index (κ1) is 25.2. The number of carbonyl (C=O) groups is 1. The maximum Gasteiger partial charge on any atom is 1.00 e. The van der Waals surface area contributed by atoms with Gasteiger partial charge in [-0.3, -0.25) is 4.79 Å². The Morgan fingerprint density at radius 2 is 1.74 bits per heavy atom. The minimum Gasteiger partial charge on any atom is -0.674 e. The molecule has 5 heteroatoms. The van der Waals surface area contributed by atoms with Crippen LogP contribution in [0.4, 0.5) is 0 Å². The molecular formula is C14H23KNOS2-. The first-order valence-electron chi connectivity index (χ1n) is 5.75. The van der Waals surface area contributed by atoms with Gasteiger partial charge in [-0.1, -0.05) is 53.1 Å². The third-order valence-electron chi connectivity index (χ3n) is 1.82. The van der Waals surface area contributed by atoms with Crippen LogP contribution >= 0.6 is 21.6 Å². The fourth-order valence-electron chi connectivity index (χ4n) is 0.958. The van der Waals surface area contributed by atoms with Gasteiger partial charge in [-0.25, -0.2) is 0 Å². The van der Waals surface area contributed by atoms with Crippen molar-refractivity contribution in [2.45, 2.75) is 38.6 Å². The van der Waals surface area contributed by atoms with Crippen molar-refractivity contribution < 1.29 is 56.2 Å². The molecule has 0 fully saturated rings. The number of ketones is 1. The minimum absolute atomic E-state index is 0. The molecule has 2 nitrogen and oxygen atoms in total. The summed E-state index contributed by atoms with van der Waals surface area (Å²) in [5, 5.41) is 0. The van der Waals surface area contributed by atoms with E-state index in [-0.39, 0.29) is 64.6 Å². The van der Waals surface area contributed by atoms with E-state index in [1.54, 1.807) is 28.5 Å². The Bertz CT molecular complexity index is 318. The van der Waals surface area contributed by atoms with E-state index in [1.165, 1.54) is 4.90 Å². The SMILES string of the molecule is CC.CC(=O)CCSSc1ccc(C[NH-])cc1.[CH3-].[K+]. The number of Topliss-reactive ketones (excluding diaryl/α,β-unsaturated/α-hetero) is 1. The Kier molecular flexibility index (Phi) is 22.8. The normalized spacial score (nSPS) is 8.42. The molecule has 0 aliphatic carbocycles. The van der Waals surface area contributed by atoms with Gasteiger partial charge in [0.05, 0.1) is 0 Å². The van der Waals surface area contributed by atoms with Crippen LogP contribution in [0.2, 0.25) is 0 Å². The third kappa shape index (κ3) is 13.9. The summed E-state index contributed by atoms with van der Waals surface area (Å²) < 4.78 is 0. The summed E-state index contributed by atoms with van der Waals surface area (Å²) in [5.74, 6) is 1.10. The topological polar surface area (TPSA) is 40.9 Å². The summed E-state index contributed by atoms with van der Waals surface area (Å²) in [6.07, 6.45) is 0.641. The fraction of sp³-hybridized carbons (Fsp3) is 0.429. The van der Waals surface area contributed by atoms with E-state index in [0.717, 1.165) is 11.3 Å². The number of benzene rings is 1. The molecule has 0 spiro atoms. The molecule has 0 unspecified atom stereocenters. The molecule has 1 aromatic carbocycles. The van der Waals surface area contributed by atoms with Crippen LogP contribution in [0.3, 0.4) is 0 Å². The molecule has 0 amide bonds. The quantitative estimate of drug-likeness (QED) is 0.349. The van der Waals surface area contributed by atoms with E-state index < -0.39 is 0 Å². The molecule has 0 aliphatic rings. The zero-order chi connectivity index (χ0) is 13.1. The van der Waals surface area contributed by atoms with Gasteiger partial charge >= 0.3 is 51.4 Å². The smallest absolute Gasteiger partial charge is 0.674 e. The van der Waals surface area contributed by atoms with Crippen molar-refractivity contribution in [2.75, 3.05) is 5.75 Å². The van der Waals surface area contributed by atoms with Gasteiger partial charge in [-0.05, 0) is 19.1 Å². The Hall–Kier alpha value is 1.19. The monoisotopic (exact) mass is 324 g/mol. The third-order valence-corrected chi connectivity index (χ3v) is 4.20. The van der Waals surface area contributed by atoms with Gasteiger partial charge in [0.25, 0.3) is 0 Å². The second-order valence-electron chi connectivity index (χ2n) is 3.18. The first-order chi connectivity index (χ1) is 8.22. The second kappa shape index (κ2) is 17.2. The molecule has 0 aromatic heterocycles. The van der Waals surface area contributed by atoms with Gasteiger partial charge in [-0.15, -0.1) is 6.54 Å². The van der Waals surface area contributed by atoms with Crippen molar-refractivity contribution in [1.29, 1.82) is 0 Å². The zero-order valence-electron chi connectivity index (χ0n) is 12.7. The molecule has 104 valence electrons. The zero-order valence-corrected chi connectivity index (χ0v) is 17.4. The van der Waals surface area contributed by atoms with Crippen LogP contribution in [0.15, 0.2) is 29.2 Å². The summed E-state index contributed by atoms with van der Waals surface area (Å²) in [7, 11) is 3.38. The molecule has 1 rings (SSSR count). The average molecular weight is 325 g/mol. The first-order valence-corrected chi connectivity index (χ1v) is 8.06. The Morgan fingerprint density at radius 1 is 1.21 bits per heavy atom. The second-order valence-corrected chi connectivity index (χ2v) is 5.67. The van der Waals surface area contributed by atoms with Gasteiger partial charge in [0.1, 0.15) is 5.78 Å². The molecule has 1 aromatic rings. The van der Waals surface area contributed by atoms with Gasteiger partial charge in [0.2, 0.25) is 0 Å². The number of hydrogen-bond donors (Lipinski definition) is 0. The Morgan fingerprint density at radius 3 is 2.16 bits per heavy atom. The van der Waals surface area contributed by atoms with Crippen LogP contribution in [0.5, 0.6) is 0 Å². The number of rotatable bonds is 6.